The quantitative estimate of drug-likeness (QED) is 0.589. The molecule has 2 unspecified atom stereocenters. The monoisotopic (exact) mass is 407 g/mol. The van der Waals surface area contributed by atoms with Gasteiger partial charge in [0.15, 0.2) is 0 Å². The van der Waals surface area contributed by atoms with Crippen LogP contribution in [0.1, 0.15) is 43.0 Å². The molecule has 0 heterocycles. The lowest BCUT2D eigenvalue weighted by molar-refractivity contribution is 0.0867. The molecule has 1 amide bonds. The number of benzene rings is 1. The minimum atomic E-state index is -0.311. The molecule has 2 atom stereocenters. The van der Waals surface area contributed by atoms with Crippen molar-refractivity contribution in [1.29, 1.82) is 0 Å². The number of phenols is 1. The molecule has 1 fully saturated rings. The molecule has 0 aromatic heterocycles. The van der Waals surface area contributed by atoms with E-state index in [-0.39, 0.29) is 17.2 Å². The van der Waals surface area contributed by atoms with Crippen molar-refractivity contribution in [2.24, 2.45) is 5.92 Å². The minimum absolute atomic E-state index is 0.134. The van der Waals surface area contributed by atoms with Crippen LogP contribution in [0.4, 0.5) is 0 Å². The van der Waals surface area contributed by atoms with Crippen LogP contribution in [0.15, 0.2) is 18.2 Å². The second kappa shape index (κ2) is 6.52. The highest BCUT2D eigenvalue weighted by Gasteiger charge is 2.35. The lowest BCUT2D eigenvalue weighted by atomic mass is 9.77. The standard InChI is InChI=1S/C15H19ClINO2/c1-10-3-2-6-15(8-10,9-16)18-14(20)11-4-5-12(17)13(19)7-11/h4-5,7,10,19H,2-3,6,8-9H2,1H3,(H,18,20). The van der Waals surface area contributed by atoms with E-state index in [2.05, 4.69) is 12.2 Å². The van der Waals surface area contributed by atoms with E-state index in [1.54, 1.807) is 12.1 Å². The highest BCUT2D eigenvalue weighted by Crippen LogP contribution is 2.33. The molecule has 3 nitrogen and oxygen atoms in total. The normalized spacial score (nSPS) is 26.2. The van der Waals surface area contributed by atoms with Gasteiger partial charge in [0.1, 0.15) is 5.75 Å². The first kappa shape index (κ1) is 15.9. The van der Waals surface area contributed by atoms with Gasteiger partial charge in [0, 0.05) is 11.4 Å². The summed E-state index contributed by atoms with van der Waals surface area (Å²) in [6.45, 7) is 2.20. The summed E-state index contributed by atoms with van der Waals surface area (Å²) in [5, 5.41) is 12.8. The highest BCUT2D eigenvalue weighted by atomic mass is 127. The number of hydrogen-bond acceptors (Lipinski definition) is 2. The molecule has 2 N–H and O–H groups in total. The second-order valence-corrected chi connectivity index (χ2v) is 7.17. The molecule has 2 rings (SSSR count). The lowest BCUT2D eigenvalue weighted by Gasteiger charge is -2.39. The summed E-state index contributed by atoms with van der Waals surface area (Å²) in [6, 6.07) is 4.97. The van der Waals surface area contributed by atoms with Gasteiger partial charge in [0.2, 0.25) is 0 Å². The van der Waals surface area contributed by atoms with Crippen LogP contribution in [-0.4, -0.2) is 22.4 Å². The molecule has 1 aromatic carbocycles. The van der Waals surface area contributed by atoms with Crippen molar-refractivity contribution in [3.63, 3.8) is 0 Å². The van der Waals surface area contributed by atoms with Crippen LogP contribution in [-0.2, 0) is 0 Å². The van der Waals surface area contributed by atoms with E-state index < -0.39 is 0 Å². The van der Waals surface area contributed by atoms with Gasteiger partial charge in [0.05, 0.1) is 9.11 Å². The summed E-state index contributed by atoms with van der Waals surface area (Å²) in [5.41, 5.74) is 0.167. The molecule has 1 aliphatic rings. The molecule has 0 spiro atoms. The SMILES string of the molecule is CC1CCCC(CCl)(NC(=O)c2ccc(I)c(O)c2)C1. The van der Waals surface area contributed by atoms with Crippen LogP contribution in [0, 0.1) is 9.49 Å². The van der Waals surface area contributed by atoms with E-state index in [9.17, 15) is 9.90 Å². The van der Waals surface area contributed by atoms with Crippen molar-refractivity contribution in [2.75, 3.05) is 5.88 Å². The second-order valence-electron chi connectivity index (χ2n) is 5.74. The fourth-order valence-electron chi connectivity index (χ4n) is 2.90. The topological polar surface area (TPSA) is 49.3 Å². The van der Waals surface area contributed by atoms with Gasteiger partial charge in [-0.1, -0.05) is 19.8 Å². The molecular weight excluding hydrogens is 389 g/mol. The third-order valence-electron chi connectivity index (χ3n) is 3.93. The number of halogens is 2. The lowest BCUT2D eigenvalue weighted by Crippen LogP contribution is -2.52. The van der Waals surface area contributed by atoms with E-state index in [0.717, 1.165) is 22.8 Å². The molecule has 0 aliphatic heterocycles. The van der Waals surface area contributed by atoms with Gasteiger partial charge in [-0.2, -0.15) is 0 Å². The maximum atomic E-state index is 12.4. The molecule has 1 aliphatic carbocycles. The fraction of sp³-hybridized carbons (Fsp3) is 0.533. The third kappa shape index (κ3) is 3.58. The van der Waals surface area contributed by atoms with Gasteiger partial charge in [-0.25, -0.2) is 0 Å². The predicted octanol–water partition coefficient (Wildman–Crippen LogP) is 3.91. The fourth-order valence-corrected chi connectivity index (χ4v) is 3.54. The molecule has 5 heteroatoms. The Bertz CT molecular complexity index is 509. The van der Waals surface area contributed by atoms with E-state index in [0.29, 0.717) is 17.4 Å². The largest absolute Gasteiger partial charge is 0.507 e. The zero-order valence-electron chi connectivity index (χ0n) is 11.5. The van der Waals surface area contributed by atoms with Crippen LogP contribution < -0.4 is 5.32 Å². The number of hydrogen-bond donors (Lipinski definition) is 2. The van der Waals surface area contributed by atoms with Crippen molar-refractivity contribution in [1.82, 2.24) is 5.32 Å². The third-order valence-corrected chi connectivity index (χ3v) is 5.36. The van der Waals surface area contributed by atoms with E-state index in [1.165, 1.54) is 12.5 Å². The Morgan fingerprint density at radius 2 is 2.35 bits per heavy atom. The van der Waals surface area contributed by atoms with Gasteiger partial charge in [-0.05, 0) is 59.5 Å². The van der Waals surface area contributed by atoms with Crippen LogP contribution in [0.3, 0.4) is 0 Å². The van der Waals surface area contributed by atoms with Crippen LogP contribution in [0.5, 0.6) is 5.75 Å². The molecule has 110 valence electrons. The zero-order chi connectivity index (χ0) is 14.8. The molecular formula is C15H19ClINO2. The summed E-state index contributed by atoms with van der Waals surface area (Å²) in [4.78, 5) is 12.4. The Kier molecular flexibility index (Phi) is 5.18. The van der Waals surface area contributed by atoms with E-state index in [4.69, 9.17) is 11.6 Å². The Labute approximate surface area is 138 Å². The molecule has 0 saturated heterocycles. The van der Waals surface area contributed by atoms with Gasteiger partial charge in [-0.3, -0.25) is 4.79 Å². The average molecular weight is 408 g/mol. The van der Waals surface area contributed by atoms with Gasteiger partial charge >= 0.3 is 0 Å². The molecule has 0 radical (unpaired) electrons. The first-order valence-electron chi connectivity index (χ1n) is 6.83. The number of phenolic OH excluding ortho intramolecular Hbond substituents is 1. The summed E-state index contributed by atoms with van der Waals surface area (Å²) in [5.74, 6) is 0.981. The molecule has 20 heavy (non-hydrogen) atoms. The Morgan fingerprint density at radius 1 is 1.60 bits per heavy atom. The maximum absolute atomic E-state index is 12.4. The zero-order valence-corrected chi connectivity index (χ0v) is 14.4. The maximum Gasteiger partial charge on any atom is 0.251 e. The molecule has 1 saturated carbocycles. The number of carbonyl (C=O) groups is 1. The van der Waals surface area contributed by atoms with Crippen molar-refractivity contribution < 1.29 is 9.90 Å². The minimum Gasteiger partial charge on any atom is -0.507 e. The Hall–Kier alpha value is -0.490. The summed E-state index contributed by atoms with van der Waals surface area (Å²) >= 11 is 8.15. The van der Waals surface area contributed by atoms with Crippen molar-refractivity contribution in [3.05, 3.63) is 27.3 Å². The highest BCUT2D eigenvalue weighted by molar-refractivity contribution is 14.1. The summed E-state index contributed by atoms with van der Waals surface area (Å²) < 4.78 is 0.734. The number of alkyl halides is 1. The van der Waals surface area contributed by atoms with Gasteiger partial charge in [0.25, 0.3) is 5.91 Å². The van der Waals surface area contributed by atoms with E-state index >= 15 is 0 Å². The van der Waals surface area contributed by atoms with E-state index in [1.807, 2.05) is 22.6 Å². The number of carbonyl (C=O) groups excluding carboxylic acids is 1. The number of rotatable bonds is 3. The molecule has 1 aromatic rings. The Balaban J connectivity index is 2.14. The average Bonchev–Trinajstić information content (AvgIpc) is 2.41. The van der Waals surface area contributed by atoms with Crippen molar-refractivity contribution >= 4 is 40.1 Å². The van der Waals surface area contributed by atoms with Gasteiger partial charge < -0.3 is 10.4 Å². The van der Waals surface area contributed by atoms with Gasteiger partial charge in [-0.15, -0.1) is 11.6 Å². The van der Waals surface area contributed by atoms with Crippen LogP contribution >= 0.6 is 34.2 Å². The predicted molar refractivity (Wildman–Crippen MR) is 89.4 cm³/mol. The Morgan fingerprint density at radius 3 is 2.95 bits per heavy atom. The number of nitrogens with one attached hydrogen (secondary N) is 1. The summed E-state index contributed by atoms with van der Waals surface area (Å²) in [7, 11) is 0. The van der Waals surface area contributed by atoms with Crippen molar-refractivity contribution in [2.45, 2.75) is 38.1 Å². The van der Waals surface area contributed by atoms with Crippen LogP contribution in [0.2, 0.25) is 0 Å². The molecule has 0 bridgehead atoms. The number of amides is 1. The first-order chi connectivity index (χ1) is 9.46. The summed E-state index contributed by atoms with van der Waals surface area (Å²) in [6.07, 6.45) is 4.12. The van der Waals surface area contributed by atoms with Crippen molar-refractivity contribution in [3.8, 4) is 5.75 Å². The smallest absolute Gasteiger partial charge is 0.251 e. The number of aromatic hydroxyl groups is 1. The van der Waals surface area contributed by atoms with Crippen LogP contribution in [0.25, 0.3) is 0 Å². The first-order valence-corrected chi connectivity index (χ1v) is 8.44.